The average Bonchev–Trinajstić information content (AvgIpc) is 3.89. The van der Waals surface area contributed by atoms with Gasteiger partial charge in [0.1, 0.15) is 11.3 Å². The van der Waals surface area contributed by atoms with Gasteiger partial charge in [0.05, 0.1) is 22.0 Å². The molecule has 8 aromatic carbocycles. The number of rotatable bonds is 7. The first-order valence-electron chi connectivity index (χ1n) is 22.3. The average molecular weight is 953 g/mol. The molecule has 12 rings (SSSR count). The molecule has 3 aromatic heterocycles. The Hall–Kier alpha value is -10.4. The zero-order chi connectivity index (χ0) is 49.5. The number of aromatic nitrogens is 4. The van der Waals surface area contributed by atoms with E-state index in [4.69, 9.17) is 24.1 Å². The number of ether oxygens (including phenoxy) is 1. The number of allylic oxidation sites excluding steroid dienone is 2. The van der Waals surface area contributed by atoms with E-state index < -0.39 is 57.3 Å². The van der Waals surface area contributed by atoms with Crippen LogP contribution in [0.25, 0.3) is 112 Å². The zero-order valence-corrected chi connectivity index (χ0v) is 37.2. The molecule has 1 aliphatic rings. The van der Waals surface area contributed by atoms with Crippen LogP contribution in [0, 0.1) is 0 Å². The number of aromatic hydroxyl groups is 9. The van der Waals surface area contributed by atoms with E-state index in [0.29, 0.717) is 55.8 Å². The molecule has 1 aliphatic heterocycles. The fourth-order valence-corrected chi connectivity index (χ4v) is 9.29. The molecule has 4 heterocycles. The Morgan fingerprint density at radius 2 is 0.972 bits per heavy atom. The lowest BCUT2D eigenvalue weighted by Gasteiger charge is -2.20. The molecule has 15 nitrogen and oxygen atoms in total. The minimum absolute atomic E-state index is 0.0142. The number of H-pyrrole nitrogens is 1. The second-order valence-corrected chi connectivity index (χ2v) is 17.0. The van der Waals surface area contributed by atoms with E-state index in [2.05, 4.69) is 4.98 Å². The van der Waals surface area contributed by atoms with E-state index >= 15 is 0 Å². The summed E-state index contributed by atoms with van der Waals surface area (Å²) < 4.78 is 13.0. The Kier molecular flexibility index (Phi) is 9.77. The molecular weight excluding hydrogens is 917 g/mol. The van der Waals surface area contributed by atoms with Crippen LogP contribution in [0.2, 0.25) is 0 Å². The van der Waals surface area contributed by atoms with E-state index in [-0.39, 0.29) is 39.5 Å². The van der Waals surface area contributed by atoms with Crippen LogP contribution in [0.15, 0.2) is 156 Å². The number of phenols is 9. The SMILES string of the molecule is Oc1c(O)c(O)c(-c2cc(-c3c(O)c(O)c(O)c(O)c3C3=CC=Cc4oc5cc(-c6nc(-c7ccccc7)nc(-c7ccccc7-c7ccccc7)n6)ccc5c4O3)c3[nH]c4ccccc4c3c2)c(O)c1O. The first kappa shape index (κ1) is 42.9. The van der Waals surface area contributed by atoms with Gasteiger partial charge in [-0.1, -0.05) is 115 Å². The molecular formula is C57H36N4O11. The maximum Gasteiger partial charge on any atom is 0.208 e. The fourth-order valence-electron chi connectivity index (χ4n) is 9.29. The Balaban J connectivity index is 1.01. The minimum Gasteiger partial charge on any atom is -0.504 e. The third-order valence-electron chi connectivity index (χ3n) is 12.7. The Morgan fingerprint density at radius 1 is 0.403 bits per heavy atom. The largest absolute Gasteiger partial charge is 0.504 e. The molecule has 0 unspecified atom stereocenters. The topological polar surface area (TPSA) is 259 Å². The second kappa shape index (κ2) is 16.4. The summed E-state index contributed by atoms with van der Waals surface area (Å²) in [6.45, 7) is 0. The molecule has 0 bridgehead atoms. The van der Waals surface area contributed by atoms with Gasteiger partial charge in [0.2, 0.25) is 28.7 Å². The van der Waals surface area contributed by atoms with Gasteiger partial charge < -0.3 is 60.1 Å². The summed E-state index contributed by atoms with van der Waals surface area (Å²) in [6, 6.07) is 42.7. The highest BCUT2D eigenvalue weighted by molar-refractivity contribution is 6.15. The van der Waals surface area contributed by atoms with Crippen LogP contribution in [-0.4, -0.2) is 65.9 Å². The van der Waals surface area contributed by atoms with Gasteiger partial charge in [0.15, 0.2) is 52.0 Å². The van der Waals surface area contributed by atoms with Gasteiger partial charge in [0, 0.05) is 44.1 Å². The number of nitrogens with one attached hydrogen (secondary N) is 1. The van der Waals surface area contributed by atoms with Crippen LogP contribution in [0.1, 0.15) is 11.3 Å². The van der Waals surface area contributed by atoms with E-state index in [1.807, 2.05) is 84.9 Å². The molecule has 15 heteroatoms. The van der Waals surface area contributed by atoms with Gasteiger partial charge in [-0.2, -0.15) is 0 Å². The molecule has 350 valence electrons. The predicted molar refractivity (Wildman–Crippen MR) is 271 cm³/mol. The van der Waals surface area contributed by atoms with E-state index in [0.717, 1.165) is 22.3 Å². The molecule has 0 aliphatic carbocycles. The van der Waals surface area contributed by atoms with Crippen molar-refractivity contribution < 1.29 is 55.1 Å². The molecule has 0 spiro atoms. The van der Waals surface area contributed by atoms with Crippen molar-refractivity contribution in [3.63, 3.8) is 0 Å². The van der Waals surface area contributed by atoms with Crippen LogP contribution in [0.3, 0.4) is 0 Å². The number of phenolic OH excluding ortho intramolecular Hbond substituents is 9. The normalized spacial score (nSPS) is 12.2. The number of furan rings is 1. The van der Waals surface area contributed by atoms with Gasteiger partial charge in [-0.05, 0) is 59.2 Å². The van der Waals surface area contributed by atoms with Crippen molar-refractivity contribution in [1.82, 2.24) is 19.9 Å². The standard InChI is InChI=1S/C57H36N4O11/c62-45-41(46(63)50(67)53(70)49(45)66)30-24-35-32-17-9-10-19-37(32)58-44(35)36(25-30)42-43(48(65)52(69)51(68)47(42)64)38-20-11-21-39-54(72-38)34-23-22-29(26-40(34)71-39)56-59-55(28-14-5-2-6-15-28)60-57(61-56)33-18-8-7-16-31(33)27-12-3-1-4-13-27/h1-26,58,62-70H. The van der Waals surface area contributed by atoms with E-state index in [9.17, 15) is 46.0 Å². The van der Waals surface area contributed by atoms with Gasteiger partial charge in [-0.25, -0.2) is 15.0 Å². The molecule has 0 radical (unpaired) electrons. The van der Waals surface area contributed by atoms with Crippen LogP contribution in [-0.2, 0) is 0 Å². The third kappa shape index (κ3) is 6.71. The summed E-state index contributed by atoms with van der Waals surface area (Å²) >= 11 is 0. The van der Waals surface area contributed by atoms with Gasteiger partial charge >= 0.3 is 0 Å². The highest BCUT2D eigenvalue weighted by Crippen LogP contribution is 2.59. The first-order chi connectivity index (χ1) is 34.9. The quantitative estimate of drug-likeness (QED) is 0.0527. The number of para-hydroxylation sites is 1. The van der Waals surface area contributed by atoms with Crippen LogP contribution >= 0.6 is 0 Å². The molecule has 0 saturated heterocycles. The maximum atomic E-state index is 11.9. The zero-order valence-electron chi connectivity index (χ0n) is 37.2. The molecule has 11 aromatic rings. The van der Waals surface area contributed by atoms with E-state index in [1.54, 1.807) is 54.6 Å². The monoisotopic (exact) mass is 952 g/mol. The highest BCUT2D eigenvalue weighted by Gasteiger charge is 2.33. The lowest BCUT2D eigenvalue weighted by atomic mass is 9.90. The highest BCUT2D eigenvalue weighted by atomic mass is 16.5. The number of fused-ring (bicyclic) bond motifs is 6. The molecule has 0 saturated carbocycles. The van der Waals surface area contributed by atoms with Gasteiger partial charge in [-0.3, -0.25) is 0 Å². The summed E-state index contributed by atoms with van der Waals surface area (Å²) in [5, 5.41) is 101. The lowest BCUT2D eigenvalue weighted by molar-refractivity contribution is 0.330. The Bertz CT molecular complexity index is 4100. The van der Waals surface area contributed by atoms with E-state index in [1.165, 1.54) is 18.2 Å². The Morgan fingerprint density at radius 3 is 1.68 bits per heavy atom. The first-order valence-corrected chi connectivity index (χ1v) is 22.3. The number of benzene rings is 8. The van der Waals surface area contributed by atoms with Crippen LogP contribution in [0.4, 0.5) is 0 Å². The van der Waals surface area contributed by atoms with Crippen LogP contribution in [0.5, 0.6) is 57.5 Å². The fraction of sp³-hybridized carbons (Fsp3) is 0. The molecule has 0 amide bonds. The summed E-state index contributed by atoms with van der Waals surface area (Å²) in [4.78, 5) is 18.2. The second-order valence-electron chi connectivity index (χ2n) is 17.0. The summed E-state index contributed by atoms with van der Waals surface area (Å²) in [6.07, 6.45) is 4.64. The molecule has 72 heavy (non-hydrogen) atoms. The van der Waals surface area contributed by atoms with Gasteiger partial charge in [-0.15, -0.1) is 0 Å². The lowest BCUT2D eigenvalue weighted by Crippen LogP contribution is -2.01. The number of aromatic amines is 1. The summed E-state index contributed by atoms with van der Waals surface area (Å²) in [5.41, 5.74) is 4.21. The van der Waals surface area contributed by atoms with Crippen molar-refractivity contribution in [1.29, 1.82) is 0 Å². The summed E-state index contributed by atoms with van der Waals surface area (Å²) in [5.74, 6) is -7.77. The van der Waals surface area contributed by atoms with Crippen molar-refractivity contribution in [3.05, 3.63) is 163 Å². The number of nitrogens with zero attached hydrogens (tertiary/aromatic N) is 3. The van der Waals surface area contributed by atoms with Gasteiger partial charge in [0.25, 0.3) is 0 Å². The smallest absolute Gasteiger partial charge is 0.208 e. The van der Waals surface area contributed by atoms with Crippen molar-refractivity contribution in [3.8, 4) is 125 Å². The van der Waals surface area contributed by atoms with Crippen LogP contribution < -0.4 is 4.74 Å². The summed E-state index contributed by atoms with van der Waals surface area (Å²) in [7, 11) is 0. The Labute approximate surface area is 406 Å². The number of hydrogen-bond donors (Lipinski definition) is 10. The molecule has 0 atom stereocenters. The third-order valence-corrected chi connectivity index (χ3v) is 12.7. The predicted octanol–water partition coefficient (Wildman–Crippen LogP) is 12.1. The maximum absolute atomic E-state index is 11.9. The number of hydrogen-bond acceptors (Lipinski definition) is 14. The van der Waals surface area contributed by atoms with Crippen molar-refractivity contribution >= 4 is 44.6 Å². The van der Waals surface area contributed by atoms with Crippen molar-refractivity contribution in [2.45, 2.75) is 0 Å². The van der Waals surface area contributed by atoms with Crippen molar-refractivity contribution in [2.24, 2.45) is 0 Å². The van der Waals surface area contributed by atoms with Crippen molar-refractivity contribution in [2.75, 3.05) is 0 Å². The molecule has 0 fully saturated rings. The minimum atomic E-state index is -1.17. The molecule has 10 N–H and O–H groups in total.